The number of unbranched alkanes of at least 4 members (excludes halogenated alkanes) is 12. The average molecular weight is 589 g/mol. The van der Waals surface area contributed by atoms with E-state index in [1.54, 1.807) is 27.9 Å². The van der Waals surface area contributed by atoms with E-state index in [0.29, 0.717) is 17.0 Å². The summed E-state index contributed by atoms with van der Waals surface area (Å²) in [5.41, 5.74) is 2.64. The number of methoxy groups -OCH3 is 1. The highest BCUT2D eigenvalue weighted by atomic mass is 32.1. The van der Waals surface area contributed by atoms with E-state index >= 15 is 0 Å². The van der Waals surface area contributed by atoms with Crippen LogP contribution in [-0.4, -0.2) is 42.4 Å². The third-order valence-corrected chi connectivity index (χ3v) is 7.91. The second kappa shape index (κ2) is 19.5. The predicted octanol–water partition coefficient (Wildman–Crippen LogP) is 8.55. The molecule has 1 aliphatic heterocycles. The number of rotatable bonds is 19. The number of esters is 1. The first-order valence-corrected chi connectivity index (χ1v) is 16.1. The molecule has 0 bridgehead atoms. The van der Waals surface area contributed by atoms with Crippen molar-refractivity contribution in [1.29, 1.82) is 0 Å². The van der Waals surface area contributed by atoms with Gasteiger partial charge >= 0.3 is 12.1 Å². The van der Waals surface area contributed by atoms with Crippen LogP contribution in [0.25, 0.3) is 0 Å². The second-order valence-corrected chi connectivity index (χ2v) is 11.1. The molecule has 230 valence electrons. The highest BCUT2D eigenvalue weighted by Gasteiger charge is 2.43. The number of carbonyl (C=O) groups excluding carboxylic acids is 2. The Hall–Kier alpha value is -2.61. The number of thiocarbonyl (C=S) groups is 1. The van der Waals surface area contributed by atoms with Crippen molar-refractivity contribution in [2.45, 2.75) is 124 Å². The van der Waals surface area contributed by atoms with Crippen LogP contribution in [0.15, 0.2) is 29.5 Å². The van der Waals surface area contributed by atoms with Crippen LogP contribution >= 0.6 is 12.2 Å². The minimum absolute atomic E-state index is 0.178. The molecule has 0 aromatic heterocycles. The van der Waals surface area contributed by atoms with Crippen LogP contribution in [0.1, 0.15) is 128 Å². The first kappa shape index (κ1) is 34.6. The highest BCUT2D eigenvalue weighted by Crippen LogP contribution is 2.41. The van der Waals surface area contributed by atoms with Crippen LogP contribution in [0, 0.1) is 0 Å². The summed E-state index contributed by atoms with van der Waals surface area (Å²) in [6.45, 7) is 7.93. The van der Waals surface area contributed by atoms with Crippen molar-refractivity contribution >= 4 is 29.4 Å². The summed E-state index contributed by atoms with van der Waals surface area (Å²) in [5.74, 6) is 0.0907. The maximum atomic E-state index is 13.2. The Morgan fingerprint density at radius 3 is 1.95 bits per heavy atom. The van der Waals surface area contributed by atoms with E-state index in [1.165, 1.54) is 75.5 Å². The quantitative estimate of drug-likeness (QED) is 0.0985. The highest BCUT2D eigenvalue weighted by molar-refractivity contribution is 7.80. The van der Waals surface area contributed by atoms with Crippen LogP contribution in [0.4, 0.5) is 4.79 Å². The molecule has 0 saturated heterocycles. The lowest BCUT2D eigenvalue weighted by Crippen LogP contribution is -2.51. The number of allylic oxidation sites excluding steroid dienone is 1. The number of hydrogen-bond donors (Lipinski definition) is 1. The van der Waals surface area contributed by atoms with Gasteiger partial charge < -0.3 is 19.5 Å². The van der Waals surface area contributed by atoms with Gasteiger partial charge in [0.2, 0.25) is 0 Å². The number of hydrogen-bond acceptors (Lipinski definition) is 6. The van der Waals surface area contributed by atoms with E-state index in [-0.39, 0.29) is 18.3 Å². The fourth-order valence-corrected chi connectivity index (χ4v) is 5.83. The van der Waals surface area contributed by atoms with Gasteiger partial charge in [-0.25, -0.2) is 14.5 Å². The molecular formula is C33H52N2O5S. The molecule has 1 heterocycles. The molecule has 1 N–H and O–H groups in total. The summed E-state index contributed by atoms with van der Waals surface area (Å²) in [5, 5.41) is 3.18. The van der Waals surface area contributed by atoms with E-state index in [0.717, 1.165) is 30.4 Å². The zero-order chi connectivity index (χ0) is 30.0. The fourth-order valence-electron chi connectivity index (χ4n) is 5.50. The monoisotopic (exact) mass is 588 g/mol. The van der Waals surface area contributed by atoms with Gasteiger partial charge in [-0.1, -0.05) is 96.1 Å². The standard InChI is InChI=1S/C33H52N2O5S/c1-6-9-10-11-12-13-14-15-16-17-18-19-20-22-26-23-21-24-27(38-5)29(26)30-28(31(36)39-7-2)25(4)34-32(41)35(30)33(37)40-8-3/h21,23-24,30H,6-20,22H2,1-5H3,(H,34,41). The summed E-state index contributed by atoms with van der Waals surface area (Å²) in [6, 6.07) is 5.03. The van der Waals surface area contributed by atoms with Crippen molar-refractivity contribution in [1.82, 2.24) is 10.2 Å². The molecule has 0 fully saturated rings. The molecule has 1 aliphatic rings. The largest absolute Gasteiger partial charge is 0.496 e. The van der Waals surface area contributed by atoms with Gasteiger partial charge in [0.15, 0.2) is 5.11 Å². The fraction of sp³-hybridized carbons (Fsp3) is 0.667. The van der Waals surface area contributed by atoms with Crippen LogP contribution in [0.5, 0.6) is 5.75 Å². The Morgan fingerprint density at radius 1 is 0.854 bits per heavy atom. The molecule has 1 amide bonds. The molecule has 1 unspecified atom stereocenters. The number of aryl methyl sites for hydroxylation is 1. The number of nitrogens with one attached hydrogen (secondary N) is 1. The summed E-state index contributed by atoms with van der Waals surface area (Å²) in [4.78, 5) is 27.8. The summed E-state index contributed by atoms with van der Waals surface area (Å²) in [6.07, 6.45) is 16.9. The second-order valence-electron chi connectivity index (χ2n) is 10.7. The summed E-state index contributed by atoms with van der Waals surface area (Å²) < 4.78 is 16.6. The van der Waals surface area contributed by atoms with Gasteiger partial charge in [0.05, 0.1) is 25.9 Å². The summed E-state index contributed by atoms with van der Waals surface area (Å²) >= 11 is 5.58. The zero-order valence-corrected chi connectivity index (χ0v) is 26.8. The molecule has 0 saturated carbocycles. The molecule has 1 atom stereocenters. The Balaban J connectivity index is 2.13. The van der Waals surface area contributed by atoms with Crippen LogP contribution in [0.3, 0.4) is 0 Å². The minimum Gasteiger partial charge on any atom is -0.496 e. The maximum Gasteiger partial charge on any atom is 0.416 e. The number of ether oxygens (including phenoxy) is 3. The molecule has 7 nitrogen and oxygen atoms in total. The molecule has 0 radical (unpaired) electrons. The van der Waals surface area contributed by atoms with Crippen LogP contribution in [-0.2, 0) is 20.7 Å². The molecule has 0 spiro atoms. The van der Waals surface area contributed by atoms with Crippen molar-refractivity contribution in [3.05, 3.63) is 40.6 Å². The molecule has 1 aromatic rings. The normalized spacial score (nSPS) is 15.1. The molecule has 41 heavy (non-hydrogen) atoms. The lowest BCUT2D eigenvalue weighted by atomic mass is 9.88. The number of benzene rings is 1. The lowest BCUT2D eigenvalue weighted by molar-refractivity contribution is -0.139. The van der Waals surface area contributed by atoms with E-state index in [4.69, 9.17) is 26.4 Å². The van der Waals surface area contributed by atoms with Crippen molar-refractivity contribution in [3.8, 4) is 5.75 Å². The Kier molecular flexibility index (Phi) is 16.5. The van der Waals surface area contributed by atoms with E-state index in [9.17, 15) is 9.59 Å². The van der Waals surface area contributed by atoms with Crippen LogP contribution in [0.2, 0.25) is 0 Å². The van der Waals surface area contributed by atoms with Gasteiger partial charge in [-0.15, -0.1) is 0 Å². The lowest BCUT2D eigenvalue weighted by Gasteiger charge is -2.38. The first-order valence-electron chi connectivity index (χ1n) is 15.7. The average Bonchev–Trinajstić information content (AvgIpc) is 2.95. The number of carbonyl (C=O) groups is 2. The molecule has 0 aliphatic carbocycles. The predicted molar refractivity (Wildman–Crippen MR) is 169 cm³/mol. The van der Waals surface area contributed by atoms with Crippen LogP contribution < -0.4 is 10.1 Å². The third kappa shape index (κ3) is 10.6. The van der Waals surface area contributed by atoms with E-state index in [1.807, 2.05) is 18.2 Å². The first-order chi connectivity index (χ1) is 19.9. The Labute approximate surface area is 253 Å². The van der Waals surface area contributed by atoms with E-state index in [2.05, 4.69) is 12.2 Å². The Bertz CT molecular complexity index is 1010. The summed E-state index contributed by atoms with van der Waals surface area (Å²) in [7, 11) is 1.60. The third-order valence-electron chi connectivity index (χ3n) is 7.61. The molecular weight excluding hydrogens is 536 g/mol. The molecule has 2 rings (SSSR count). The SMILES string of the molecule is CCCCCCCCCCCCCCCc1cccc(OC)c1C1C(C(=O)OCC)=C(C)NC(=S)N1C(=O)OCC. The molecule has 8 heteroatoms. The minimum atomic E-state index is -0.824. The van der Waals surface area contributed by atoms with Gasteiger partial charge in [-0.2, -0.15) is 0 Å². The van der Waals surface area contributed by atoms with Crippen molar-refractivity contribution in [3.63, 3.8) is 0 Å². The molecule has 1 aromatic carbocycles. The zero-order valence-electron chi connectivity index (χ0n) is 26.0. The van der Waals surface area contributed by atoms with Gasteiger partial charge in [0, 0.05) is 11.3 Å². The number of amides is 1. The van der Waals surface area contributed by atoms with Gasteiger partial charge in [-0.05, 0) is 57.5 Å². The van der Waals surface area contributed by atoms with Crippen molar-refractivity contribution in [2.75, 3.05) is 20.3 Å². The van der Waals surface area contributed by atoms with Gasteiger partial charge in [-0.3, -0.25) is 0 Å². The van der Waals surface area contributed by atoms with Gasteiger partial charge in [0.1, 0.15) is 11.8 Å². The number of nitrogens with zero attached hydrogens (tertiary/aromatic N) is 1. The smallest absolute Gasteiger partial charge is 0.416 e. The topological polar surface area (TPSA) is 77.1 Å². The van der Waals surface area contributed by atoms with Crippen molar-refractivity contribution < 1.29 is 23.8 Å². The van der Waals surface area contributed by atoms with E-state index < -0.39 is 18.1 Å². The Morgan fingerprint density at radius 2 is 1.41 bits per heavy atom. The van der Waals surface area contributed by atoms with Gasteiger partial charge in [0.25, 0.3) is 0 Å². The maximum absolute atomic E-state index is 13.2. The van der Waals surface area contributed by atoms with Crippen molar-refractivity contribution in [2.24, 2.45) is 0 Å².